The topological polar surface area (TPSA) is 56.3 Å². The lowest BCUT2D eigenvalue weighted by Gasteiger charge is -1.97. The maximum atomic E-state index is 4.55. The minimum atomic E-state index is 0. The van der Waals surface area contributed by atoms with Crippen molar-refractivity contribution in [1.29, 1.82) is 0 Å². The molecule has 0 radical (unpaired) electrons. The lowest BCUT2D eigenvalue weighted by atomic mass is 10.6. The third-order valence-electron chi connectivity index (χ3n) is 0.490. The van der Waals surface area contributed by atoms with Crippen molar-refractivity contribution in [2.24, 2.45) is 0 Å². The Kier molecular flexibility index (Phi) is 7.63. The number of rotatable bonds is 0. The van der Waals surface area contributed by atoms with E-state index in [0.717, 1.165) is 0 Å². The van der Waals surface area contributed by atoms with E-state index in [-0.39, 0.29) is 13.6 Å². The summed E-state index contributed by atoms with van der Waals surface area (Å²) in [5, 5.41) is 0. The molecule has 0 bridgehead atoms. The van der Waals surface area contributed by atoms with Gasteiger partial charge in [0.05, 0.1) is 0 Å². The molecule has 0 amide bonds. The Morgan fingerprint density at radius 2 is 2.00 bits per heavy atom. The average molecular weight is 116 g/mol. The number of hydroxylamine groups is 1. The predicted molar refractivity (Wildman–Crippen MR) is 34.3 cm³/mol. The van der Waals surface area contributed by atoms with Gasteiger partial charge in [0, 0.05) is 6.20 Å². The Morgan fingerprint density at radius 1 is 1.25 bits per heavy atom. The van der Waals surface area contributed by atoms with Crippen molar-refractivity contribution in [2.45, 2.75) is 7.43 Å². The van der Waals surface area contributed by atoms with Crippen molar-refractivity contribution in [3.8, 4) is 0 Å². The second kappa shape index (κ2) is 6.04. The van der Waals surface area contributed by atoms with Crippen LogP contribution in [0.4, 0.5) is 0 Å². The first-order valence-corrected chi connectivity index (χ1v) is 1.73. The largest absolute Gasteiger partial charge is 0.391 e. The molecular weight excluding hydrogens is 104 g/mol. The fourth-order valence-corrected chi connectivity index (χ4v) is 0.258. The molecular formula is C5H12N2O. The minimum absolute atomic E-state index is 0. The molecule has 0 aromatic carbocycles. The molecule has 3 heteroatoms. The number of hydrogen-bond donors (Lipinski definition) is 2. The second-order valence-electron chi connectivity index (χ2n) is 0.923. The van der Waals surface area contributed by atoms with Crippen LogP contribution in [0.3, 0.4) is 0 Å². The molecule has 0 saturated carbocycles. The summed E-state index contributed by atoms with van der Waals surface area (Å²) in [5.41, 5.74) is 2.52. The fourth-order valence-electron chi connectivity index (χ4n) is 0.258. The smallest absolute Gasteiger partial charge is 0.119 e. The Balaban J connectivity index is 0. The van der Waals surface area contributed by atoms with Crippen LogP contribution in [-0.2, 0) is 4.84 Å². The molecule has 4 N–H and O–H groups in total. The molecule has 3 nitrogen and oxygen atoms in total. The van der Waals surface area contributed by atoms with Crippen LogP contribution in [0, 0.1) is 0 Å². The highest BCUT2D eigenvalue weighted by atomic mass is 16.6. The highest BCUT2D eigenvalue weighted by Gasteiger charge is 1.72. The molecule has 0 atom stereocenters. The van der Waals surface area contributed by atoms with Crippen molar-refractivity contribution in [3.63, 3.8) is 0 Å². The van der Waals surface area contributed by atoms with Gasteiger partial charge in [0.25, 0.3) is 0 Å². The summed E-state index contributed by atoms with van der Waals surface area (Å²) in [5.74, 6) is 0. The van der Waals surface area contributed by atoms with Crippen molar-refractivity contribution in [1.82, 2.24) is 11.6 Å². The Bertz CT molecular complexity index is 76.4. The monoisotopic (exact) mass is 116 g/mol. The van der Waals surface area contributed by atoms with Gasteiger partial charge in [-0.1, -0.05) is 7.43 Å². The summed E-state index contributed by atoms with van der Waals surface area (Å²) in [6.07, 6.45) is 6.93. The van der Waals surface area contributed by atoms with Crippen LogP contribution in [-0.4, -0.2) is 0 Å². The van der Waals surface area contributed by atoms with E-state index < -0.39 is 0 Å². The zero-order valence-electron chi connectivity index (χ0n) is 3.92. The summed E-state index contributed by atoms with van der Waals surface area (Å²) in [6.45, 7) is 0. The summed E-state index contributed by atoms with van der Waals surface area (Å²) < 4.78 is 0. The molecule has 1 aliphatic rings. The molecule has 1 rings (SSSR count). The van der Waals surface area contributed by atoms with Crippen LogP contribution in [0.5, 0.6) is 0 Å². The number of hydrogen-bond acceptors (Lipinski definition) is 3. The molecule has 0 unspecified atom stereocenters. The Labute approximate surface area is 49.6 Å². The maximum Gasteiger partial charge on any atom is 0.119 e. The van der Waals surface area contributed by atoms with E-state index >= 15 is 0 Å². The highest BCUT2D eigenvalue weighted by molar-refractivity contribution is 5.00. The third kappa shape index (κ3) is 3.24. The first kappa shape index (κ1) is 10.1. The Hall–Kier alpha value is -0.960. The van der Waals surface area contributed by atoms with Gasteiger partial charge in [-0.05, 0) is 12.2 Å². The Morgan fingerprint density at radius 3 is 2.12 bits per heavy atom. The van der Waals surface area contributed by atoms with Crippen LogP contribution in [0.1, 0.15) is 7.43 Å². The predicted octanol–water partition coefficient (Wildman–Crippen LogP) is 1.35. The molecule has 0 saturated heterocycles. The van der Waals surface area contributed by atoms with Crippen LogP contribution in [0.25, 0.3) is 0 Å². The molecule has 0 spiro atoms. The quantitative estimate of drug-likeness (QED) is 0.502. The van der Waals surface area contributed by atoms with E-state index in [1.807, 2.05) is 6.08 Å². The summed E-state index contributed by atoms with van der Waals surface area (Å²) in [4.78, 5) is 4.55. The van der Waals surface area contributed by atoms with Gasteiger partial charge in [0.15, 0.2) is 0 Å². The normalized spacial score (nSPS) is 12.0. The van der Waals surface area contributed by atoms with Crippen molar-refractivity contribution < 1.29 is 4.84 Å². The van der Waals surface area contributed by atoms with E-state index in [1.165, 1.54) is 0 Å². The lowest BCUT2D eigenvalue weighted by Crippen LogP contribution is -2.01. The van der Waals surface area contributed by atoms with Crippen LogP contribution < -0.4 is 11.6 Å². The van der Waals surface area contributed by atoms with Crippen LogP contribution in [0.2, 0.25) is 0 Å². The van der Waals surface area contributed by atoms with Crippen molar-refractivity contribution >= 4 is 0 Å². The molecule has 8 heavy (non-hydrogen) atoms. The molecule has 0 fully saturated rings. The van der Waals surface area contributed by atoms with E-state index in [0.29, 0.717) is 0 Å². The van der Waals surface area contributed by atoms with Gasteiger partial charge in [0.1, 0.15) is 6.26 Å². The molecule has 0 aliphatic carbocycles. The number of nitrogens with one attached hydrogen (secondary N) is 1. The van der Waals surface area contributed by atoms with E-state index in [9.17, 15) is 0 Å². The summed E-state index contributed by atoms with van der Waals surface area (Å²) in [7, 11) is 0. The zero-order chi connectivity index (χ0) is 4.24. The number of allylic oxidation sites excluding steroid dienone is 2. The molecule has 48 valence electrons. The third-order valence-corrected chi connectivity index (χ3v) is 0.490. The van der Waals surface area contributed by atoms with Gasteiger partial charge in [-0.3, -0.25) is 0 Å². The summed E-state index contributed by atoms with van der Waals surface area (Å²) in [6, 6.07) is 0. The van der Waals surface area contributed by atoms with Gasteiger partial charge in [0.2, 0.25) is 0 Å². The van der Waals surface area contributed by atoms with E-state index in [2.05, 4.69) is 10.3 Å². The first-order chi connectivity index (χ1) is 3.00. The SMILES string of the molecule is C.C1=CNOC=C1.N. The second-order valence-corrected chi connectivity index (χ2v) is 0.923. The molecule has 0 aromatic rings. The van der Waals surface area contributed by atoms with Crippen LogP contribution >= 0.6 is 0 Å². The maximum absolute atomic E-state index is 4.55. The highest BCUT2D eigenvalue weighted by Crippen LogP contribution is 1.80. The molecule has 0 aromatic heterocycles. The summed E-state index contributed by atoms with van der Waals surface area (Å²) >= 11 is 0. The zero-order valence-corrected chi connectivity index (χ0v) is 3.92. The lowest BCUT2D eigenvalue weighted by molar-refractivity contribution is 0.172. The standard InChI is InChI=1S/C4H5NO.CH4.H3N/c1-2-4-6-5-3-1;;/h1-5H;1H4;1H3. The van der Waals surface area contributed by atoms with Gasteiger partial charge in [-0.15, -0.1) is 0 Å². The van der Waals surface area contributed by atoms with E-state index in [4.69, 9.17) is 0 Å². The van der Waals surface area contributed by atoms with Crippen molar-refractivity contribution in [2.75, 3.05) is 0 Å². The van der Waals surface area contributed by atoms with Gasteiger partial charge in [-0.25, -0.2) is 5.48 Å². The first-order valence-electron chi connectivity index (χ1n) is 1.73. The average Bonchev–Trinajstić information content (AvgIpc) is 1.72. The molecule has 1 aliphatic heterocycles. The molecule has 1 heterocycles. The van der Waals surface area contributed by atoms with Gasteiger partial charge in [-0.2, -0.15) is 0 Å². The minimum Gasteiger partial charge on any atom is -0.391 e. The van der Waals surface area contributed by atoms with Gasteiger partial charge < -0.3 is 11.0 Å². The van der Waals surface area contributed by atoms with E-state index in [1.54, 1.807) is 18.5 Å². The van der Waals surface area contributed by atoms with Crippen LogP contribution in [0.15, 0.2) is 24.6 Å². The van der Waals surface area contributed by atoms with Crippen molar-refractivity contribution in [3.05, 3.63) is 24.6 Å². The van der Waals surface area contributed by atoms with Gasteiger partial charge >= 0.3 is 0 Å². The fraction of sp³-hybridized carbons (Fsp3) is 0.200.